The number of hydrogen-bond acceptors (Lipinski definition) is 3. The summed E-state index contributed by atoms with van der Waals surface area (Å²) >= 11 is 0. The van der Waals surface area contributed by atoms with Crippen molar-refractivity contribution < 1.29 is 19.4 Å². The number of rotatable bonds is 6. The molecule has 0 aliphatic heterocycles. The Hall–Kier alpha value is -1.71. The minimum absolute atomic E-state index is 0.0497. The van der Waals surface area contributed by atoms with E-state index in [1.54, 1.807) is 26.0 Å². The van der Waals surface area contributed by atoms with Crippen LogP contribution in [-0.4, -0.2) is 23.3 Å². The van der Waals surface area contributed by atoms with Crippen molar-refractivity contribution in [3.8, 4) is 11.5 Å². The molecule has 0 aliphatic carbocycles. The number of ether oxygens (including phenoxy) is 2. The van der Waals surface area contributed by atoms with Crippen molar-refractivity contribution in [2.75, 3.05) is 6.61 Å². The average Bonchev–Trinajstić information content (AvgIpc) is 2.15. The third-order valence-electron chi connectivity index (χ3n) is 2.09. The lowest BCUT2D eigenvalue weighted by atomic mass is 10.1. The Labute approximate surface area is 101 Å². The SMILES string of the molecule is CCOc1cccc(OC(C)(C)CC(=O)O)c1. The van der Waals surface area contributed by atoms with E-state index in [0.717, 1.165) is 5.75 Å². The van der Waals surface area contributed by atoms with Crippen LogP contribution in [0.2, 0.25) is 0 Å². The second kappa shape index (κ2) is 5.57. The van der Waals surface area contributed by atoms with Gasteiger partial charge < -0.3 is 14.6 Å². The van der Waals surface area contributed by atoms with Gasteiger partial charge in [-0.25, -0.2) is 0 Å². The smallest absolute Gasteiger partial charge is 0.307 e. The van der Waals surface area contributed by atoms with Crippen LogP contribution in [0.25, 0.3) is 0 Å². The molecular weight excluding hydrogens is 220 g/mol. The van der Waals surface area contributed by atoms with Gasteiger partial charge in [0.1, 0.15) is 17.1 Å². The van der Waals surface area contributed by atoms with Gasteiger partial charge in [-0.05, 0) is 32.9 Å². The second-order valence-electron chi connectivity index (χ2n) is 4.34. The molecule has 0 radical (unpaired) electrons. The maximum atomic E-state index is 10.7. The van der Waals surface area contributed by atoms with Gasteiger partial charge in [-0.1, -0.05) is 6.07 Å². The predicted octanol–water partition coefficient (Wildman–Crippen LogP) is 2.72. The average molecular weight is 238 g/mol. The molecule has 0 fully saturated rings. The summed E-state index contributed by atoms with van der Waals surface area (Å²) in [5.41, 5.74) is -0.739. The lowest BCUT2D eigenvalue weighted by Crippen LogP contribution is -2.31. The molecule has 1 aromatic carbocycles. The Morgan fingerprint density at radius 1 is 1.35 bits per heavy atom. The molecule has 17 heavy (non-hydrogen) atoms. The highest BCUT2D eigenvalue weighted by atomic mass is 16.5. The van der Waals surface area contributed by atoms with Gasteiger partial charge in [-0.15, -0.1) is 0 Å². The van der Waals surface area contributed by atoms with E-state index >= 15 is 0 Å². The molecule has 0 aliphatic rings. The van der Waals surface area contributed by atoms with Crippen LogP contribution in [0.5, 0.6) is 11.5 Å². The Bertz CT molecular complexity index is 385. The molecule has 0 saturated heterocycles. The summed E-state index contributed by atoms with van der Waals surface area (Å²) in [4.78, 5) is 10.7. The molecule has 4 nitrogen and oxygen atoms in total. The third-order valence-corrected chi connectivity index (χ3v) is 2.09. The summed E-state index contributed by atoms with van der Waals surface area (Å²) < 4.78 is 11.0. The van der Waals surface area contributed by atoms with Crippen molar-refractivity contribution >= 4 is 5.97 Å². The first kappa shape index (κ1) is 13.4. The molecule has 0 saturated carbocycles. The summed E-state index contributed by atoms with van der Waals surface area (Å²) in [6.45, 7) is 5.98. The molecule has 0 atom stereocenters. The van der Waals surface area contributed by atoms with Crippen molar-refractivity contribution in [2.24, 2.45) is 0 Å². The van der Waals surface area contributed by atoms with Crippen LogP contribution in [0, 0.1) is 0 Å². The van der Waals surface area contributed by atoms with E-state index in [9.17, 15) is 4.79 Å². The van der Waals surface area contributed by atoms with Crippen molar-refractivity contribution in [1.82, 2.24) is 0 Å². The van der Waals surface area contributed by atoms with Crippen LogP contribution in [0.3, 0.4) is 0 Å². The van der Waals surface area contributed by atoms with Crippen molar-refractivity contribution in [3.63, 3.8) is 0 Å². The molecule has 1 rings (SSSR count). The van der Waals surface area contributed by atoms with Gasteiger partial charge in [0.15, 0.2) is 0 Å². The second-order valence-corrected chi connectivity index (χ2v) is 4.34. The maximum Gasteiger partial charge on any atom is 0.307 e. The topological polar surface area (TPSA) is 55.8 Å². The lowest BCUT2D eigenvalue weighted by Gasteiger charge is -2.24. The lowest BCUT2D eigenvalue weighted by molar-refractivity contribution is -0.140. The van der Waals surface area contributed by atoms with Crippen LogP contribution in [-0.2, 0) is 4.79 Å². The zero-order chi connectivity index (χ0) is 12.9. The molecule has 1 aromatic rings. The standard InChI is InChI=1S/C13H18O4/c1-4-16-10-6-5-7-11(8-10)17-13(2,3)9-12(14)15/h5-8H,4,9H2,1-3H3,(H,14,15). The Kier molecular flexibility index (Phi) is 4.37. The zero-order valence-corrected chi connectivity index (χ0v) is 10.4. The van der Waals surface area contributed by atoms with Crippen LogP contribution in [0.1, 0.15) is 27.2 Å². The van der Waals surface area contributed by atoms with E-state index in [1.165, 1.54) is 0 Å². The zero-order valence-electron chi connectivity index (χ0n) is 10.4. The Balaban J connectivity index is 2.73. The van der Waals surface area contributed by atoms with E-state index in [1.807, 2.05) is 19.1 Å². The molecule has 1 N–H and O–H groups in total. The largest absolute Gasteiger partial charge is 0.494 e. The van der Waals surface area contributed by atoms with Crippen LogP contribution < -0.4 is 9.47 Å². The van der Waals surface area contributed by atoms with E-state index in [0.29, 0.717) is 12.4 Å². The highest BCUT2D eigenvalue weighted by Crippen LogP contribution is 2.25. The van der Waals surface area contributed by atoms with E-state index < -0.39 is 11.6 Å². The number of carbonyl (C=O) groups is 1. The van der Waals surface area contributed by atoms with Gasteiger partial charge in [0.05, 0.1) is 13.0 Å². The fourth-order valence-electron chi connectivity index (χ4n) is 1.51. The molecule has 94 valence electrons. The molecule has 0 unspecified atom stereocenters. The third kappa shape index (κ3) is 4.76. The molecular formula is C13H18O4. The van der Waals surface area contributed by atoms with Crippen LogP contribution >= 0.6 is 0 Å². The maximum absolute atomic E-state index is 10.7. The fourth-order valence-corrected chi connectivity index (χ4v) is 1.51. The highest BCUT2D eigenvalue weighted by molar-refractivity contribution is 5.68. The molecule has 0 bridgehead atoms. The van der Waals surface area contributed by atoms with Gasteiger partial charge >= 0.3 is 5.97 Å². The first-order chi connectivity index (χ1) is 7.93. The van der Waals surface area contributed by atoms with Gasteiger partial charge in [-0.2, -0.15) is 0 Å². The molecule has 0 spiro atoms. The molecule has 0 aromatic heterocycles. The quantitative estimate of drug-likeness (QED) is 0.827. The number of hydrogen-bond donors (Lipinski definition) is 1. The summed E-state index contributed by atoms with van der Waals surface area (Å²) in [6.07, 6.45) is -0.0497. The fraction of sp³-hybridized carbons (Fsp3) is 0.462. The van der Waals surface area contributed by atoms with Gasteiger partial charge in [0, 0.05) is 6.07 Å². The van der Waals surface area contributed by atoms with E-state index in [-0.39, 0.29) is 6.42 Å². The number of carboxylic acids is 1. The highest BCUT2D eigenvalue weighted by Gasteiger charge is 2.23. The van der Waals surface area contributed by atoms with Crippen molar-refractivity contribution in [2.45, 2.75) is 32.8 Å². The molecule has 4 heteroatoms. The van der Waals surface area contributed by atoms with Crippen molar-refractivity contribution in [3.05, 3.63) is 24.3 Å². The molecule has 0 heterocycles. The number of aliphatic carboxylic acids is 1. The van der Waals surface area contributed by atoms with E-state index in [2.05, 4.69) is 0 Å². The Morgan fingerprint density at radius 2 is 2.00 bits per heavy atom. The number of benzene rings is 1. The summed E-state index contributed by atoms with van der Waals surface area (Å²) in [6, 6.07) is 7.19. The van der Waals surface area contributed by atoms with Crippen LogP contribution in [0.4, 0.5) is 0 Å². The van der Waals surface area contributed by atoms with E-state index in [4.69, 9.17) is 14.6 Å². The van der Waals surface area contributed by atoms with Crippen LogP contribution in [0.15, 0.2) is 24.3 Å². The number of carboxylic acid groups (broad SMARTS) is 1. The minimum Gasteiger partial charge on any atom is -0.494 e. The first-order valence-electron chi connectivity index (χ1n) is 5.56. The summed E-state index contributed by atoms with van der Waals surface area (Å²) in [5, 5.41) is 8.76. The molecule has 0 amide bonds. The van der Waals surface area contributed by atoms with Gasteiger partial charge in [-0.3, -0.25) is 4.79 Å². The van der Waals surface area contributed by atoms with Gasteiger partial charge in [0.2, 0.25) is 0 Å². The predicted molar refractivity (Wildman–Crippen MR) is 64.6 cm³/mol. The summed E-state index contributed by atoms with van der Waals surface area (Å²) in [5.74, 6) is 0.453. The van der Waals surface area contributed by atoms with Gasteiger partial charge in [0.25, 0.3) is 0 Å². The minimum atomic E-state index is -0.879. The monoisotopic (exact) mass is 238 g/mol. The summed E-state index contributed by atoms with van der Waals surface area (Å²) in [7, 11) is 0. The first-order valence-corrected chi connectivity index (χ1v) is 5.56. The Morgan fingerprint density at radius 3 is 2.59 bits per heavy atom. The normalized spacial score (nSPS) is 11.0. The van der Waals surface area contributed by atoms with Crippen molar-refractivity contribution in [1.29, 1.82) is 0 Å².